The highest BCUT2D eigenvalue weighted by molar-refractivity contribution is 7.89. The van der Waals surface area contributed by atoms with Gasteiger partial charge in [0.1, 0.15) is 0 Å². The number of benzene rings is 1. The zero-order valence-corrected chi connectivity index (χ0v) is 12.2. The lowest BCUT2D eigenvalue weighted by atomic mass is 10.0. The minimum atomic E-state index is -3.41. The third-order valence-corrected chi connectivity index (χ3v) is 4.33. The summed E-state index contributed by atoms with van der Waals surface area (Å²) in [5.41, 5.74) is 1.03. The Morgan fingerprint density at radius 1 is 1.22 bits per heavy atom. The second-order valence-corrected chi connectivity index (χ2v) is 6.54. The first-order chi connectivity index (χ1) is 8.36. The summed E-state index contributed by atoms with van der Waals surface area (Å²) in [5.74, 6) is 0.316. The fourth-order valence-electron chi connectivity index (χ4n) is 1.46. The predicted octanol–water partition coefficient (Wildman–Crippen LogP) is 1.70. The molecule has 1 rings (SSSR count). The average molecular weight is 270 g/mol. The van der Waals surface area contributed by atoms with Crippen molar-refractivity contribution in [1.29, 1.82) is 0 Å². The van der Waals surface area contributed by atoms with E-state index in [2.05, 4.69) is 10.0 Å². The summed E-state index contributed by atoms with van der Waals surface area (Å²) in [7, 11) is -1.61. The minimum absolute atomic E-state index is 0.105. The van der Waals surface area contributed by atoms with Crippen molar-refractivity contribution in [1.82, 2.24) is 10.0 Å². The second kappa shape index (κ2) is 6.31. The number of hydrogen-bond acceptors (Lipinski definition) is 3. The fraction of sp³-hybridized carbons (Fsp3) is 0.538. The van der Waals surface area contributed by atoms with Crippen LogP contribution in [0.15, 0.2) is 29.2 Å². The lowest BCUT2D eigenvalue weighted by Crippen LogP contribution is -2.37. The van der Waals surface area contributed by atoms with Crippen molar-refractivity contribution in [3.05, 3.63) is 29.8 Å². The van der Waals surface area contributed by atoms with Crippen molar-refractivity contribution in [2.24, 2.45) is 0 Å². The van der Waals surface area contributed by atoms with Crippen molar-refractivity contribution in [3.8, 4) is 0 Å². The summed E-state index contributed by atoms with van der Waals surface area (Å²) in [6.45, 7) is 6.39. The van der Waals surface area contributed by atoms with Crippen LogP contribution in [0.3, 0.4) is 0 Å². The van der Waals surface area contributed by atoms with Gasteiger partial charge in [-0.2, -0.15) is 0 Å². The molecule has 0 heterocycles. The Balaban J connectivity index is 2.88. The SMILES string of the molecule is CNC(C)CNS(=O)(=O)c1cccc(C(C)C)c1. The van der Waals surface area contributed by atoms with Crippen molar-refractivity contribution >= 4 is 10.0 Å². The second-order valence-electron chi connectivity index (χ2n) is 4.77. The summed E-state index contributed by atoms with van der Waals surface area (Å²) in [4.78, 5) is 0.331. The Morgan fingerprint density at radius 3 is 2.44 bits per heavy atom. The molecule has 0 fully saturated rings. The zero-order valence-electron chi connectivity index (χ0n) is 11.4. The van der Waals surface area contributed by atoms with E-state index >= 15 is 0 Å². The van der Waals surface area contributed by atoms with E-state index in [1.165, 1.54) is 0 Å². The van der Waals surface area contributed by atoms with Gasteiger partial charge in [-0.3, -0.25) is 0 Å². The molecule has 1 unspecified atom stereocenters. The van der Waals surface area contributed by atoms with Gasteiger partial charge in [-0.15, -0.1) is 0 Å². The molecule has 102 valence electrons. The quantitative estimate of drug-likeness (QED) is 0.827. The van der Waals surface area contributed by atoms with E-state index in [9.17, 15) is 8.42 Å². The molecule has 4 nitrogen and oxygen atoms in total. The maximum atomic E-state index is 12.1. The summed E-state index contributed by atoms with van der Waals surface area (Å²) in [6, 6.07) is 7.19. The Labute approximate surface area is 110 Å². The van der Waals surface area contributed by atoms with Gasteiger partial charge in [0, 0.05) is 12.6 Å². The summed E-state index contributed by atoms with van der Waals surface area (Å²) >= 11 is 0. The van der Waals surface area contributed by atoms with Crippen LogP contribution in [0.4, 0.5) is 0 Å². The van der Waals surface area contributed by atoms with Gasteiger partial charge >= 0.3 is 0 Å². The van der Waals surface area contributed by atoms with Gasteiger partial charge in [0.2, 0.25) is 10.0 Å². The van der Waals surface area contributed by atoms with E-state index in [0.29, 0.717) is 17.4 Å². The van der Waals surface area contributed by atoms with Crippen LogP contribution in [0, 0.1) is 0 Å². The molecule has 1 aromatic rings. The minimum Gasteiger partial charge on any atom is -0.316 e. The molecule has 5 heteroatoms. The molecule has 0 bridgehead atoms. The Morgan fingerprint density at radius 2 is 1.89 bits per heavy atom. The molecule has 0 amide bonds. The summed E-state index contributed by atoms with van der Waals surface area (Å²) < 4.78 is 26.8. The summed E-state index contributed by atoms with van der Waals surface area (Å²) in [5, 5.41) is 2.99. The van der Waals surface area contributed by atoms with Crippen molar-refractivity contribution < 1.29 is 8.42 Å². The molecule has 1 atom stereocenters. The number of hydrogen-bond donors (Lipinski definition) is 2. The van der Waals surface area contributed by atoms with E-state index in [1.54, 1.807) is 25.2 Å². The average Bonchev–Trinajstić information content (AvgIpc) is 2.36. The normalized spacial score (nSPS) is 13.8. The molecule has 0 aliphatic rings. The molecule has 0 saturated heterocycles. The highest BCUT2D eigenvalue weighted by Crippen LogP contribution is 2.18. The van der Waals surface area contributed by atoms with Crippen LogP contribution in [0.5, 0.6) is 0 Å². The highest BCUT2D eigenvalue weighted by atomic mass is 32.2. The van der Waals surface area contributed by atoms with Gasteiger partial charge in [-0.05, 0) is 37.6 Å². The first kappa shape index (κ1) is 15.1. The largest absolute Gasteiger partial charge is 0.316 e. The Kier molecular flexibility index (Phi) is 5.31. The van der Waals surface area contributed by atoms with Crippen LogP contribution >= 0.6 is 0 Å². The van der Waals surface area contributed by atoms with E-state index in [0.717, 1.165) is 5.56 Å². The molecular formula is C13H22N2O2S. The number of rotatable bonds is 6. The first-order valence-electron chi connectivity index (χ1n) is 6.13. The standard InChI is InChI=1S/C13H22N2O2S/c1-10(2)12-6-5-7-13(8-12)18(16,17)15-9-11(3)14-4/h5-8,10-11,14-15H,9H2,1-4H3. The number of likely N-dealkylation sites (N-methyl/N-ethyl adjacent to an activating group) is 1. The van der Waals surface area contributed by atoms with E-state index in [4.69, 9.17) is 0 Å². The smallest absolute Gasteiger partial charge is 0.240 e. The van der Waals surface area contributed by atoms with Gasteiger partial charge in [0.25, 0.3) is 0 Å². The number of nitrogens with one attached hydrogen (secondary N) is 2. The topological polar surface area (TPSA) is 58.2 Å². The molecule has 0 aromatic heterocycles. The summed E-state index contributed by atoms with van der Waals surface area (Å²) in [6.07, 6.45) is 0. The van der Waals surface area contributed by atoms with Gasteiger partial charge < -0.3 is 5.32 Å². The molecular weight excluding hydrogens is 248 g/mol. The highest BCUT2D eigenvalue weighted by Gasteiger charge is 2.15. The van der Waals surface area contributed by atoms with Gasteiger partial charge in [0.05, 0.1) is 4.90 Å². The Hall–Kier alpha value is -0.910. The molecule has 0 aliphatic heterocycles. The number of sulfonamides is 1. The third-order valence-electron chi connectivity index (χ3n) is 2.91. The van der Waals surface area contributed by atoms with Gasteiger partial charge in [-0.1, -0.05) is 26.0 Å². The van der Waals surface area contributed by atoms with Gasteiger partial charge in [-0.25, -0.2) is 13.1 Å². The van der Waals surface area contributed by atoms with E-state index in [-0.39, 0.29) is 6.04 Å². The lowest BCUT2D eigenvalue weighted by Gasteiger charge is -2.13. The van der Waals surface area contributed by atoms with Crippen LogP contribution in [0.25, 0.3) is 0 Å². The maximum Gasteiger partial charge on any atom is 0.240 e. The van der Waals surface area contributed by atoms with Crippen LogP contribution in [-0.4, -0.2) is 28.1 Å². The van der Waals surface area contributed by atoms with E-state index in [1.807, 2.05) is 26.8 Å². The molecule has 1 aromatic carbocycles. The molecule has 0 radical (unpaired) electrons. The molecule has 2 N–H and O–H groups in total. The molecule has 18 heavy (non-hydrogen) atoms. The third kappa shape index (κ3) is 4.08. The maximum absolute atomic E-state index is 12.1. The predicted molar refractivity (Wildman–Crippen MR) is 74.2 cm³/mol. The molecule has 0 saturated carbocycles. The monoisotopic (exact) mass is 270 g/mol. The van der Waals surface area contributed by atoms with Gasteiger partial charge in [0.15, 0.2) is 0 Å². The molecule has 0 spiro atoms. The molecule has 0 aliphatic carbocycles. The first-order valence-corrected chi connectivity index (χ1v) is 7.62. The zero-order chi connectivity index (χ0) is 13.8. The van der Waals surface area contributed by atoms with Crippen LogP contribution in [0.2, 0.25) is 0 Å². The van der Waals surface area contributed by atoms with Crippen molar-refractivity contribution in [2.75, 3.05) is 13.6 Å². The fourth-order valence-corrected chi connectivity index (χ4v) is 2.65. The van der Waals surface area contributed by atoms with Crippen LogP contribution < -0.4 is 10.0 Å². The van der Waals surface area contributed by atoms with Crippen LogP contribution in [0.1, 0.15) is 32.3 Å². The lowest BCUT2D eigenvalue weighted by molar-refractivity contribution is 0.554. The van der Waals surface area contributed by atoms with Crippen molar-refractivity contribution in [2.45, 2.75) is 37.6 Å². The van der Waals surface area contributed by atoms with E-state index < -0.39 is 10.0 Å². The van der Waals surface area contributed by atoms with Crippen LogP contribution in [-0.2, 0) is 10.0 Å². The van der Waals surface area contributed by atoms with Crippen molar-refractivity contribution in [3.63, 3.8) is 0 Å². The Bertz CT molecular complexity index is 484.